The van der Waals surface area contributed by atoms with Gasteiger partial charge in [0, 0.05) is 6.04 Å². The van der Waals surface area contributed by atoms with Gasteiger partial charge in [0.2, 0.25) is 0 Å². The van der Waals surface area contributed by atoms with Crippen molar-refractivity contribution in [1.82, 2.24) is 19.5 Å². The molecule has 3 atom stereocenters. The minimum atomic E-state index is -1.23. The van der Waals surface area contributed by atoms with Crippen LogP contribution in [0.2, 0.25) is 0 Å². The largest absolute Gasteiger partial charge is 0.519 e. The van der Waals surface area contributed by atoms with Crippen molar-refractivity contribution in [2.24, 2.45) is 5.41 Å². The van der Waals surface area contributed by atoms with E-state index in [-0.39, 0.29) is 54.6 Å². The number of aromatic nitrogens is 4. The van der Waals surface area contributed by atoms with Gasteiger partial charge in [-0.05, 0) is 19.8 Å². The number of aryl methyl sites for hydroxylation is 1. The molecule has 0 amide bonds. The van der Waals surface area contributed by atoms with E-state index >= 15 is 0 Å². The van der Waals surface area contributed by atoms with Crippen molar-refractivity contribution < 1.29 is 32.6 Å². The standard InChI is InChI=1S/C19H18FN5O7/c1-3-19(7-30-17(27)29-6-11-9(2)31-18(28)32-11)5-10(4-12(19)26)25-8-22-13-14(21)23-16(20)24-15(13)25/h1,8,10,12,26H,4-7H2,2H3,(H2,21,23,24)/t10-,12-,19+/m0/s1. The highest BCUT2D eigenvalue weighted by Crippen LogP contribution is 2.45. The summed E-state index contributed by atoms with van der Waals surface area (Å²) in [6, 6.07) is -0.415. The molecule has 3 heterocycles. The van der Waals surface area contributed by atoms with Gasteiger partial charge in [-0.3, -0.25) is 0 Å². The van der Waals surface area contributed by atoms with Crippen LogP contribution in [0.1, 0.15) is 30.4 Å². The summed E-state index contributed by atoms with van der Waals surface area (Å²) in [4.78, 5) is 34.3. The predicted molar refractivity (Wildman–Crippen MR) is 103 cm³/mol. The zero-order chi connectivity index (χ0) is 23.0. The van der Waals surface area contributed by atoms with Crippen molar-refractivity contribution in [3.05, 3.63) is 34.5 Å². The Bertz CT molecular complexity index is 1280. The first-order valence-corrected chi connectivity index (χ1v) is 9.43. The Morgan fingerprint density at radius 2 is 2.25 bits per heavy atom. The number of carbonyl (C=O) groups is 1. The SMILES string of the molecule is C#C[C@]1(COC(=O)OCc2oc(=O)oc2C)C[C@@H](n2cnc3c(N)nc(F)nc32)C[C@@H]1O. The van der Waals surface area contributed by atoms with Gasteiger partial charge in [-0.15, -0.1) is 6.42 Å². The molecule has 3 aromatic heterocycles. The van der Waals surface area contributed by atoms with Gasteiger partial charge in [-0.25, -0.2) is 14.6 Å². The summed E-state index contributed by atoms with van der Waals surface area (Å²) < 4.78 is 34.6. The summed E-state index contributed by atoms with van der Waals surface area (Å²) in [6.07, 6.45) is 4.33. The number of aliphatic hydroxyl groups is 1. The van der Waals surface area contributed by atoms with Crippen molar-refractivity contribution in [3.8, 4) is 12.3 Å². The molecule has 0 spiro atoms. The fourth-order valence-corrected chi connectivity index (χ4v) is 3.73. The minimum Gasteiger partial charge on any atom is -0.433 e. The normalized spacial score (nSPS) is 22.7. The summed E-state index contributed by atoms with van der Waals surface area (Å²) in [6.45, 7) is 0.756. The topological polar surface area (TPSA) is 169 Å². The quantitative estimate of drug-likeness (QED) is 0.326. The maximum absolute atomic E-state index is 13.6. The van der Waals surface area contributed by atoms with Gasteiger partial charge < -0.3 is 33.7 Å². The number of anilines is 1. The van der Waals surface area contributed by atoms with Gasteiger partial charge in [0.1, 0.15) is 12.1 Å². The molecule has 1 saturated carbocycles. The van der Waals surface area contributed by atoms with Crippen LogP contribution in [-0.2, 0) is 16.1 Å². The zero-order valence-electron chi connectivity index (χ0n) is 16.8. The van der Waals surface area contributed by atoms with Crippen molar-refractivity contribution in [2.75, 3.05) is 12.3 Å². The second kappa shape index (κ2) is 7.97. The number of ether oxygens (including phenoxy) is 2. The highest BCUT2D eigenvalue weighted by molar-refractivity contribution is 5.81. The predicted octanol–water partition coefficient (Wildman–Crippen LogP) is 1.07. The van der Waals surface area contributed by atoms with E-state index < -0.39 is 35.6 Å². The maximum Gasteiger partial charge on any atom is 0.519 e. The molecule has 3 N–H and O–H groups in total. The number of fused-ring (bicyclic) bond motifs is 1. The van der Waals surface area contributed by atoms with Gasteiger partial charge in [0.15, 0.2) is 29.6 Å². The molecule has 0 aromatic carbocycles. The Labute approximate surface area is 179 Å². The Kier molecular flexibility index (Phi) is 5.31. The van der Waals surface area contributed by atoms with Crippen LogP contribution in [0.3, 0.4) is 0 Å². The fraction of sp³-hybridized carbons (Fsp3) is 0.421. The molecule has 1 aliphatic rings. The molecule has 1 fully saturated rings. The van der Waals surface area contributed by atoms with E-state index in [1.807, 2.05) is 0 Å². The number of hydrogen-bond acceptors (Lipinski definition) is 11. The molecule has 13 heteroatoms. The molecule has 0 radical (unpaired) electrons. The van der Waals surface area contributed by atoms with E-state index in [4.69, 9.17) is 26.0 Å². The van der Waals surface area contributed by atoms with E-state index in [9.17, 15) is 19.1 Å². The Morgan fingerprint density at radius 1 is 1.47 bits per heavy atom. The first kappa shape index (κ1) is 21.3. The lowest BCUT2D eigenvalue weighted by Crippen LogP contribution is -2.34. The van der Waals surface area contributed by atoms with Crippen LogP contribution in [0.25, 0.3) is 11.2 Å². The lowest BCUT2D eigenvalue weighted by molar-refractivity contribution is -0.00255. The third-order valence-electron chi connectivity index (χ3n) is 5.44. The molecule has 168 valence electrons. The first-order valence-electron chi connectivity index (χ1n) is 9.43. The van der Waals surface area contributed by atoms with Crippen LogP contribution in [0.15, 0.2) is 20.0 Å². The summed E-state index contributed by atoms with van der Waals surface area (Å²) in [5.74, 6) is 1.70. The second-order valence-electron chi connectivity index (χ2n) is 7.37. The van der Waals surface area contributed by atoms with Gasteiger partial charge in [-0.2, -0.15) is 14.4 Å². The molecule has 0 aliphatic heterocycles. The van der Waals surface area contributed by atoms with E-state index in [0.29, 0.717) is 0 Å². The Balaban J connectivity index is 1.44. The Morgan fingerprint density at radius 3 is 2.94 bits per heavy atom. The molecular weight excluding hydrogens is 429 g/mol. The number of aliphatic hydroxyl groups excluding tert-OH is 1. The summed E-state index contributed by atoms with van der Waals surface area (Å²) in [5.41, 5.74) is 4.85. The molecule has 3 aromatic rings. The number of nitrogen functional groups attached to an aromatic ring is 1. The lowest BCUT2D eigenvalue weighted by Gasteiger charge is -2.26. The monoisotopic (exact) mass is 447 g/mol. The van der Waals surface area contributed by atoms with Gasteiger partial charge in [0.05, 0.1) is 17.8 Å². The van der Waals surface area contributed by atoms with Gasteiger partial charge in [0.25, 0.3) is 0 Å². The smallest absolute Gasteiger partial charge is 0.433 e. The van der Waals surface area contributed by atoms with E-state index in [1.165, 1.54) is 13.3 Å². The molecule has 12 nitrogen and oxygen atoms in total. The second-order valence-corrected chi connectivity index (χ2v) is 7.37. The van der Waals surface area contributed by atoms with Crippen molar-refractivity contribution >= 4 is 23.1 Å². The van der Waals surface area contributed by atoms with E-state index in [2.05, 4.69) is 25.3 Å². The molecule has 1 aliphatic carbocycles. The molecule has 0 unspecified atom stereocenters. The van der Waals surface area contributed by atoms with E-state index in [1.54, 1.807) is 4.57 Å². The van der Waals surface area contributed by atoms with E-state index in [0.717, 1.165) is 0 Å². The number of rotatable bonds is 5. The number of carbonyl (C=O) groups excluding carboxylic acids is 1. The van der Waals surface area contributed by atoms with Gasteiger partial charge in [-0.1, -0.05) is 5.92 Å². The molecule has 0 bridgehead atoms. The van der Waals surface area contributed by atoms with Crippen molar-refractivity contribution in [3.63, 3.8) is 0 Å². The van der Waals surface area contributed by atoms with Crippen LogP contribution in [-0.4, -0.2) is 43.5 Å². The number of nitrogens with zero attached hydrogens (tertiary/aromatic N) is 4. The average Bonchev–Trinajstić information content (AvgIpc) is 3.40. The maximum atomic E-state index is 13.6. The zero-order valence-corrected chi connectivity index (χ0v) is 16.8. The first-order chi connectivity index (χ1) is 15.2. The molecular formula is C19H18FN5O7. The van der Waals surface area contributed by atoms with Crippen LogP contribution < -0.4 is 11.6 Å². The number of halogens is 1. The number of imidazole rings is 1. The Hall–Kier alpha value is -3.92. The van der Waals surface area contributed by atoms with Crippen molar-refractivity contribution in [1.29, 1.82) is 0 Å². The van der Waals surface area contributed by atoms with Crippen molar-refractivity contribution in [2.45, 2.75) is 38.5 Å². The molecule has 4 rings (SSSR count). The van der Waals surface area contributed by atoms with Crippen LogP contribution in [0.4, 0.5) is 15.0 Å². The summed E-state index contributed by atoms with van der Waals surface area (Å²) in [7, 11) is 0. The highest BCUT2D eigenvalue weighted by Gasteiger charge is 2.48. The number of nitrogens with two attached hydrogens (primary N) is 1. The minimum absolute atomic E-state index is 0.0417. The molecule has 0 saturated heterocycles. The third-order valence-corrected chi connectivity index (χ3v) is 5.44. The number of hydrogen-bond donors (Lipinski definition) is 2. The highest BCUT2D eigenvalue weighted by atomic mass is 19.1. The third kappa shape index (κ3) is 3.76. The van der Waals surface area contributed by atoms with Crippen LogP contribution >= 0.6 is 0 Å². The summed E-state index contributed by atoms with van der Waals surface area (Å²) in [5, 5.41) is 10.6. The molecule has 32 heavy (non-hydrogen) atoms. The summed E-state index contributed by atoms with van der Waals surface area (Å²) >= 11 is 0. The average molecular weight is 447 g/mol. The number of terminal acetylenes is 1. The van der Waals surface area contributed by atoms with Crippen LogP contribution in [0.5, 0.6) is 0 Å². The fourth-order valence-electron chi connectivity index (χ4n) is 3.73. The van der Waals surface area contributed by atoms with Gasteiger partial charge >= 0.3 is 18.1 Å². The van der Waals surface area contributed by atoms with Crippen LogP contribution in [0, 0.1) is 30.8 Å². The lowest BCUT2D eigenvalue weighted by atomic mass is 9.86.